The Labute approximate surface area is 166 Å². The van der Waals surface area contributed by atoms with E-state index in [1.165, 1.54) is 38.7 Å². The minimum atomic E-state index is -0.389. The average Bonchev–Trinajstić information content (AvgIpc) is 2.68. The largest absolute Gasteiger partial charge is 0.491 e. The highest BCUT2D eigenvalue weighted by molar-refractivity contribution is 6.07. The molecule has 0 bridgehead atoms. The molecular weight excluding hydrogens is 355 g/mol. The second kappa shape index (κ2) is 11.4. The zero-order valence-corrected chi connectivity index (χ0v) is 16.8. The second-order valence-corrected chi connectivity index (χ2v) is 7.14. The van der Waals surface area contributed by atoms with Crippen LogP contribution in [-0.2, 0) is 4.79 Å². The van der Waals surface area contributed by atoms with E-state index < -0.39 is 0 Å². The van der Waals surface area contributed by atoms with Gasteiger partial charge in [0.05, 0.1) is 13.0 Å². The first-order valence-electron chi connectivity index (χ1n) is 10.1. The summed E-state index contributed by atoms with van der Waals surface area (Å²) in [6, 6.07) is 11.8. The molecule has 0 spiro atoms. The second-order valence-electron chi connectivity index (χ2n) is 7.14. The molecule has 0 saturated heterocycles. The van der Waals surface area contributed by atoms with Gasteiger partial charge in [0.2, 0.25) is 0 Å². The molecular formula is C24H29FO3. The molecule has 0 radical (unpaired) electrons. The van der Waals surface area contributed by atoms with Gasteiger partial charge in [-0.05, 0) is 36.6 Å². The van der Waals surface area contributed by atoms with Crippen molar-refractivity contribution in [3.05, 3.63) is 53.8 Å². The third-order valence-electron chi connectivity index (χ3n) is 4.64. The fraction of sp³-hybridized carbons (Fsp3) is 0.417. The summed E-state index contributed by atoms with van der Waals surface area (Å²) in [5.74, 6) is -0.484. The van der Waals surface area contributed by atoms with Crippen molar-refractivity contribution < 1.29 is 18.7 Å². The van der Waals surface area contributed by atoms with Crippen LogP contribution in [0.1, 0.15) is 69.2 Å². The van der Waals surface area contributed by atoms with Gasteiger partial charge in [0, 0.05) is 5.56 Å². The normalized spacial score (nSPS) is 10.7. The van der Waals surface area contributed by atoms with Gasteiger partial charge >= 0.3 is 0 Å². The van der Waals surface area contributed by atoms with Crippen molar-refractivity contribution >= 4 is 11.6 Å². The molecule has 0 atom stereocenters. The third-order valence-corrected chi connectivity index (χ3v) is 4.64. The van der Waals surface area contributed by atoms with Gasteiger partial charge in [-0.2, -0.15) is 0 Å². The van der Waals surface area contributed by atoms with Crippen LogP contribution in [0.15, 0.2) is 42.5 Å². The van der Waals surface area contributed by atoms with Gasteiger partial charge in [0.1, 0.15) is 5.78 Å². The Kier molecular flexibility index (Phi) is 8.86. The van der Waals surface area contributed by atoms with Crippen LogP contribution < -0.4 is 4.74 Å². The Hall–Kier alpha value is -2.49. The summed E-state index contributed by atoms with van der Waals surface area (Å²) in [7, 11) is 0. The molecule has 0 unspecified atom stereocenters. The molecule has 0 fully saturated rings. The first kappa shape index (κ1) is 21.8. The van der Waals surface area contributed by atoms with Crippen LogP contribution in [0.3, 0.4) is 0 Å². The number of unbranched alkanes of at least 4 members (excludes halogenated alkanes) is 5. The lowest BCUT2D eigenvalue weighted by atomic mass is 10.0. The Morgan fingerprint density at radius 1 is 0.893 bits per heavy atom. The van der Waals surface area contributed by atoms with Crippen LogP contribution in [0.5, 0.6) is 5.75 Å². The van der Waals surface area contributed by atoms with Gasteiger partial charge in [-0.3, -0.25) is 9.59 Å². The summed E-state index contributed by atoms with van der Waals surface area (Å²) in [5.41, 5.74) is 2.01. The number of ether oxygens (including phenoxy) is 1. The smallest absolute Gasteiger partial charge is 0.170 e. The molecule has 0 saturated carbocycles. The molecule has 3 nitrogen and oxygen atoms in total. The topological polar surface area (TPSA) is 43.4 Å². The van der Waals surface area contributed by atoms with Crippen LogP contribution in [0, 0.1) is 5.82 Å². The molecule has 0 aromatic heterocycles. The molecule has 2 aromatic carbocycles. The zero-order valence-electron chi connectivity index (χ0n) is 16.8. The van der Waals surface area contributed by atoms with Gasteiger partial charge in [0.25, 0.3) is 0 Å². The number of rotatable bonds is 12. The molecule has 2 rings (SSSR count). The molecule has 0 aliphatic carbocycles. The number of carbonyl (C=O) groups is 2. The van der Waals surface area contributed by atoms with Crippen molar-refractivity contribution in [2.24, 2.45) is 0 Å². The van der Waals surface area contributed by atoms with Crippen molar-refractivity contribution in [3.8, 4) is 16.9 Å². The third kappa shape index (κ3) is 6.91. The van der Waals surface area contributed by atoms with Crippen LogP contribution in [0.2, 0.25) is 0 Å². The lowest BCUT2D eigenvalue weighted by Gasteiger charge is -2.09. The first-order valence-corrected chi connectivity index (χ1v) is 10.1. The predicted octanol–water partition coefficient (Wildman–Crippen LogP) is 6.39. The lowest BCUT2D eigenvalue weighted by molar-refractivity contribution is -0.116. The highest BCUT2D eigenvalue weighted by Crippen LogP contribution is 2.26. The zero-order chi connectivity index (χ0) is 20.4. The summed E-state index contributed by atoms with van der Waals surface area (Å²) < 4.78 is 19.9. The van der Waals surface area contributed by atoms with E-state index in [1.807, 2.05) is 6.07 Å². The molecule has 0 N–H and O–H groups in total. The molecule has 0 aliphatic rings. The number of hydrogen-bond acceptors (Lipinski definition) is 3. The van der Waals surface area contributed by atoms with Crippen LogP contribution in [0.4, 0.5) is 4.39 Å². The van der Waals surface area contributed by atoms with Gasteiger partial charge in [0.15, 0.2) is 17.3 Å². The summed E-state index contributed by atoms with van der Waals surface area (Å²) in [6.07, 6.45) is 6.88. The highest BCUT2D eigenvalue weighted by atomic mass is 19.1. The summed E-state index contributed by atoms with van der Waals surface area (Å²) >= 11 is 0. The Bertz CT molecular complexity index is 781. The average molecular weight is 384 g/mol. The Balaban J connectivity index is 1.91. The summed E-state index contributed by atoms with van der Waals surface area (Å²) in [4.78, 5) is 23.0. The quantitative estimate of drug-likeness (QED) is 0.242. The maximum absolute atomic E-state index is 14.3. The molecule has 28 heavy (non-hydrogen) atoms. The standard InChI is InChI=1S/C24H29FO3/c1-3-4-5-6-7-8-15-28-24-14-13-21(17-22(24)25)19-9-11-20(12-10-19)23(27)16-18(2)26/h9-14,17H,3-8,15-16H2,1-2H3. The number of ketones is 2. The van der Waals surface area contributed by atoms with Gasteiger partial charge in [-0.1, -0.05) is 69.4 Å². The van der Waals surface area contributed by atoms with Gasteiger partial charge < -0.3 is 4.74 Å². The minimum absolute atomic E-state index is 0.0986. The van der Waals surface area contributed by atoms with E-state index in [0.717, 1.165) is 24.0 Å². The van der Waals surface area contributed by atoms with Crippen molar-refractivity contribution in [2.75, 3.05) is 6.61 Å². The van der Waals surface area contributed by atoms with Crippen molar-refractivity contribution in [2.45, 2.75) is 58.8 Å². The van der Waals surface area contributed by atoms with E-state index in [1.54, 1.807) is 30.3 Å². The van der Waals surface area contributed by atoms with Crippen molar-refractivity contribution in [1.82, 2.24) is 0 Å². The van der Waals surface area contributed by atoms with E-state index in [9.17, 15) is 14.0 Å². The van der Waals surface area contributed by atoms with E-state index in [2.05, 4.69) is 6.92 Å². The summed E-state index contributed by atoms with van der Waals surface area (Å²) in [6.45, 7) is 4.11. The van der Waals surface area contributed by atoms with Gasteiger partial charge in [-0.15, -0.1) is 0 Å². The highest BCUT2D eigenvalue weighted by Gasteiger charge is 2.10. The van der Waals surface area contributed by atoms with Gasteiger partial charge in [-0.25, -0.2) is 4.39 Å². The van der Waals surface area contributed by atoms with Crippen molar-refractivity contribution in [1.29, 1.82) is 0 Å². The molecule has 0 heterocycles. The molecule has 0 amide bonds. The molecule has 150 valence electrons. The fourth-order valence-electron chi connectivity index (χ4n) is 3.04. The lowest BCUT2D eigenvalue weighted by Crippen LogP contribution is -2.04. The summed E-state index contributed by atoms with van der Waals surface area (Å²) in [5, 5.41) is 0. The maximum atomic E-state index is 14.3. The van der Waals surface area contributed by atoms with E-state index in [-0.39, 0.29) is 29.6 Å². The van der Waals surface area contributed by atoms with Crippen molar-refractivity contribution in [3.63, 3.8) is 0 Å². The molecule has 4 heteroatoms. The number of carbonyl (C=O) groups excluding carboxylic acids is 2. The Morgan fingerprint density at radius 3 is 2.18 bits per heavy atom. The van der Waals surface area contributed by atoms with Crippen LogP contribution in [-0.4, -0.2) is 18.2 Å². The molecule has 0 aliphatic heterocycles. The number of Topliss-reactive ketones (excluding diaryl/α,β-unsaturated/α-hetero) is 2. The van der Waals surface area contributed by atoms with E-state index >= 15 is 0 Å². The molecule has 2 aromatic rings. The fourth-order valence-corrected chi connectivity index (χ4v) is 3.04. The SMILES string of the molecule is CCCCCCCCOc1ccc(-c2ccc(C(=O)CC(C)=O)cc2)cc1F. The van der Waals surface area contributed by atoms with Crippen LogP contribution in [0.25, 0.3) is 11.1 Å². The number of benzene rings is 2. The monoisotopic (exact) mass is 384 g/mol. The minimum Gasteiger partial charge on any atom is -0.491 e. The number of hydrogen-bond donors (Lipinski definition) is 0. The number of halogens is 1. The predicted molar refractivity (Wildman–Crippen MR) is 110 cm³/mol. The van der Waals surface area contributed by atoms with E-state index in [0.29, 0.717) is 12.2 Å². The first-order chi connectivity index (χ1) is 13.5. The maximum Gasteiger partial charge on any atom is 0.170 e. The Morgan fingerprint density at radius 2 is 1.54 bits per heavy atom. The van der Waals surface area contributed by atoms with E-state index in [4.69, 9.17) is 4.74 Å². The van der Waals surface area contributed by atoms with Crippen LogP contribution >= 0.6 is 0 Å².